The highest BCUT2D eigenvalue weighted by molar-refractivity contribution is 7.13. The van der Waals surface area contributed by atoms with Crippen LogP contribution in [0.5, 0.6) is 0 Å². The molecule has 0 spiro atoms. The summed E-state index contributed by atoms with van der Waals surface area (Å²) < 4.78 is 0. The van der Waals surface area contributed by atoms with Crippen LogP contribution in [0.2, 0.25) is 0 Å². The van der Waals surface area contributed by atoms with Gasteiger partial charge in [-0.05, 0) is 6.92 Å². The fourth-order valence-electron chi connectivity index (χ4n) is 2.08. The number of rotatable bonds is 3. The number of nitrogens with zero attached hydrogens (tertiary/aromatic N) is 3. The molecule has 1 saturated heterocycles. The van der Waals surface area contributed by atoms with Gasteiger partial charge in [0.1, 0.15) is 0 Å². The van der Waals surface area contributed by atoms with Gasteiger partial charge < -0.3 is 15.5 Å². The number of piperazine rings is 1. The van der Waals surface area contributed by atoms with Crippen LogP contribution in [-0.2, 0) is 11.2 Å². The van der Waals surface area contributed by atoms with E-state index in [2.05, 4.69) is 15.3 Å². The molecule has 5 nitrogen and oxygen atoms in total. The van der Waals surface area contributed by atoms with Crippen molar-refractivity contribution in [3.63, 3.8) is 0 Å². The third-order valence-electron chi connectivity index (χ3n) is 3.07. The molecule has 0 bridgehead atoms. The second-order valence-electron chi connectivity index (χ2n) is 4.80. The third-order valence-corrected chi connectivity index (χ3v) is 4.02. The summed E-state index contributed by atoms with van der Waals surface area (Å²) in [5, 5.41) is 3.13. The van der Waals surface area contributed by atoms with Gasteiger partial charge >= 0.3 is 0 Å². The quantitative estimate of drug-likeness (QED) is 0.876. The number of aromatic nitrogens is 1. The van der Waals surface area contributed by atoms with Crippen molar-refractivity contribution in [1.82, 2.24) is 9.88 Å². The largest absolute Gasteiger partial charge is 0.345 e. The predicted molar refractivity (Wildman–Crippen MR) is 73.9 cm³/mol. The lowest BCUT2D eigenvalue weighted by Crippen LogP contribution is -2.48. The lowest BCUT2D eigenvalue weighted by Gasteiger charge is -2.33. The average molecular weight is 268 g/mol. The van der Waals surface area contributed by atoms with Crippen LogP contribution in [0.4, 0.5) is 5.13 Å². The third kappa shape index (κ3) is 3.20. The summed E-state index contributed by atoms with van der Waals surface area (Å²) in [6, 6.07) is 0.148. The van der Waals surface area contributed by atoms with Gasteiger partial charge in [0.25, 0.3) is 0 Å². The number of hydrogen-bond acceptors (Lipinski definition) is 5. The van der Waals surface area contributed by atoms with E-state index < -0.39 is 0 Å². The lowest BCUT2D eigenvalue weighted by molar-refractivity contribution is -0.129. The Morgan fingerprint density at radius 2 is 2.17 bits per heavy atom. The van der Waals surface area contributed by atoms with E-state index in [-0.39, 0.29) is 11.9 Å². The number of carbonyl (C=O) groups is 1. The first-order chi connectivity index (χ1) is 8.56. The first-order valence-corrected chi connectivity index (χ1v) is 7.14. The van der Waals surface area contributed by atoms with Crippen molar-refractivity contribution in [1.29, 1.82) is 0 Å². The number of thiazole rings is 1. The van der Waals surface area contributed by atoms with Crippen LogP contribution < -0.4 is 10.6 Å². The Morgan fingerprint density at radius 3 is 2.72 bits per heavy atom. The maximum atomic E-state index is 11.2. The standard InChI is InChI=1S/C12H20N4OS/c1-9(13)7-11-8-18-12(14-11)16-5-3-15(4-6-16)10(2)17/h8-9H,3-7,13H2,1-2H3. The zero-order valence-corrected chi connectivity index (χ0v) is 11.7. The molecule has 1 unspecified atom stereocenters. The van der Waals surface area contributed by atoms with E-state index >= 15 is 0 Å². The Kier molecular flexibility index (Phi) is 4.19. The van der Waals surface area contributed by atoms with Crippen LogP contribution in [0.1, 0.15) is 19.5 Å². The fraction of sp³-hybridized carbons (Fsp3) is 0.667. The van der Waals surface area contributed by atoms with E-state index in [1.54, 1.807) is 18.3 Å². The van der Waals surface area contributed by atoms with Crippen molar-refractivity contribution in [3.05, 3.63) is 11.1 Å². The van der Waals surface area contributed by atoms with Gasteiger partial charge in [-0.3, -0.25) is 4.79 Å². The summed E-state index contributed by atoms with van der Waals surface area (Å²) in [4.78, 5) is 20.0. The van der Waals surface area contributed by atoms with Crippen LogP contribution >= 0.6 is 11.3 Å². The van der Waals surface area contributed by atoms with Crippen molar-refractivity contribution < 1.29 is 4.79 Å². The number of amides is 1. The summed E-state index contributed by atoms with van der Waals surface area (Å²) in [6.07, 6.45) is 0.823. The van der Waals surface area contributed by atoms with Gasteiger partial charge in [0, 0.05) is 50.9 Å². The molecule has 2 heterocycles. The number of hydrogen-bond donors (Lipinski definition) is 1. The molecule has 100 valence electrons. The normalized spacial score (nSPS) is 17.9. The minimum Gasteiger partial charge on any atom is -0.345 e. The molecule has 0 radical (unpaired) electrons. The Balaban J connectivity index is 1.93. The van der Waals surface area contributed by atoms with E-state index in [4.69, 9.17) is 5.73 Å². The highest BCUT2D eigenvalue weighted by atomic mass is 32.1. The minimum absolute atomic E-state index is 0.148. The van der Waals surface area contributed by atoms with Gasteiger partial charge in [0.15, 0.2) is 5.13 Å². The first kappa shape index (κ1) is 13.3. The van der Waals surface area contributed by atoms with E-state index in [0.29, 0.717) is 0 Å². The Morgan fingerprint density at radius 1 is 1.50 bits per heavy atom. The van der Waals surface area contributed by atoms with Gasteiger partial charge in [0.05, 0.1) is 5.69 Å². The molecule has 1 aromatic rings. The highest BCUT2D eigenvalue weighted by Gasteiger charge is 2.20. The molecule has 1 aliphatic rings. The molecule has 0 aromatic carbocycles. The van der Waals surface area contributed by atoms with Gasteiger partial charge in [-0.2, -0.15) is 0 Å². The first-order valence-electron chi connectivity index (χ1n) is 6.26. The molecule has 0 aliphatic carbocycles. The van der Waals surface area contributed by atoms with Crippen LogP contribution in [0.25, 0.3) is 0 Å². The van der Waals surface area contributed by atoms with Crippen molar-refractivity contribution in [2.24, 2.45) is 5.73 Å². The Labute approximate surface area is 112 Å². The minimum atomic E-state index is 0.148. The second-order valence-corrected chi connectivity index (χ2v) is 5.63. The summed E-state index contributed by atoms with van der Waals surface area (Å²) in [5.41, 5.74) is 6.84. The molecule has 1 atom stereocenters. The molecular formula is C12H20N4OS. The van der Waals surface area contributed by atoms with Gasteiger partial charge in [-0.1, -0.05) is 0 Å². The fourth-order valence-corrected chi connectivity index (χ4v) is 2.97. The van der Waals surface area contributed by atoms with Gasteiger partial charge in [-0.15, -0.1) is 11.3 Å². The summed E-state index contributed by atoms with van der Waals surface area (Å²) in [6.45, 7) is 6.93. The van der Waals surface area contributed by atoms with Crippen LogP contribution in [0.15, 0.2) is 5.38 Å². The van der Waals surface area contributed by atoms with E-state index in [1.165, 1.54) is 0 Å². The molecule has 1 aliphatic heterocycles. The SMILES string of the molecule is CC(=O)N1CCN(c2nc(CC(C)N)cs2)CC1. The topological polar surface area (TPSA) is 62.5 Å². The van der Waals surface area contributed by atoms with E-state index in [0.717, 1.165) is 43.4 Å². The van der Waals surface area contributed by atoms with E-state index in [1.807, 2.05) is 11.8 Å². The molecule has 0 saturated carbocycles. The molecule has 6 heteroatoms. The van der Waals surface area contributed by atoms with Crippen molar-refractivity contribution in [2.75, 3.05) is 31.1 Å². The molecule has 2 N–H and O–H groups in total. The molecule has 1 aromatic heterocycles. The summed E-state index contributed by atoms with van der Waals surface area (Å²) in [7, 11) is 0. The predicted octanol–water partition coefficient (Wildman–Crippen LogP) is 0.701. The number of anilines is 1. The lowest BCUT2D eigenvalue weighted by atomic mass is 10.2. The second kappa shape index (κ2) is 5.67. The maximum absolute atomic E-state index is 11.2. The smallest absolute Gasteiger partial charge is 0.219 e. The molecule has 1 amide bonds. The summed E-state index contributed by atoms with van der Waals surface area (Å²) >= 11 is 1.66. The zero-order chi connectivity index (χ0) is 13.1. The highest BCUT2D eigenvalue weighted by Crippen LogP contribution is 2.22. The van der Waals surface area contributed by atoms with Crippen LogP contribution in [0, 0.1) is 0 Å². The van der Waals surface area contributed by atoms with Gasteiger partial charge in [-0.25, -0.2) is 4.98 Å². The number of carbonyl (C=O) groups excluding carboxylic acids is 1. The van der Waals surface area contributed by atoms with Crippen molar-refractivity contribution in [2.45, 2.75) is 26.3 Å². The van der Waals surface area contributed by atoms with Crippen LogP contribution in [0.3, 0.4) is 0 Å². The molecule has 18 heavy (non-hydrogen) atoms. The average Bonchev–Trinajstić information content (AvgIpc) is 2.76. The Bertz CT molecular complexity index is 410. The Hall–Kier alpha value is -1.14. The molecule has 2 rings (SSSR count). The van der Waals surface area contributed by atoms with Gasteiger partial charge in [0.2, 0.25) is 5.91 Å². The van der Waals surface area contributed by atoms with Crippen molar-refractivity contribution in [3.8, 4) is 0 Å². The molecular weight excluding hydrogens is 248 g/mol. The van der Waals surface area contributed by atoms with Crippen molar-refractivity contribution >= 4 is 22.4 Å². The monoisotopic (exact) mass is 268 g/mol. The van der Waals surface area contributed by atoms with E-state index in [9.17, 15) is 4.79 Å². The zero-order valence-electron chi connectivity index (χ0n) is 10.9. The maximum Gasteiger partial charge on any atom is 0.219 e. The molecule has 1 fully saturated rings. The number of nitrogens with two attached hydrogens (primary N) is 1. The van der Waals surface area contributed by atoms with Crippen LogP contribution in [-0.4, -0.2) is 48.0 Å². The summed E-state index contributed by atoms with van der Waals surface area (Å²) in [5.74, 6) is 0.159.